The number of ether oxygens (including phenoxy) is 3. The van der Waals surface area contributed by atoms with E-state index in [4.69, 9.17) is 14.2 Å². The highest BCUT2D eigenvalue weighted by atomic mass is 19.2. The molecule has 0 bridgehead atoms. The second-order valence-electron chi connectivity index (χ2n) is 8.37. The smallest absolute Gasteiger partial charge is 0.204 e. The molecule has 3 nitrogen and oxygen atoms in total. The summed E-state index contributed by atoms with van der Waals surface area (Å²) in [6.45, 7) is 5.60. The van der Waals surface area contributed by atoms with Gasteiger partial charge < -0.3 is 14.2 Å². The molecular formula is C24H34F2O3. The number of hydrogen-bond acceptors (Lipinski definition) is 3. The lowest BCUT2D eigenvalue weighted by Crippen LogP contribution is -2.34. The van der Waals surface area contributed by atoms with Crippen molar-refractivity contribution < 1.29 is 23.0 Å². The van der Waals surface area contributed by atoms with E-state index in [-0.39, 0.29) is 11.5 Å². The van der Waals surface area contributed by atoms with Crippen LogP contribution in [0.2, 0.25) is 0 Å². The molecule has 0 N–H and O–H groups in total. The first-order valence-corrected chi connectivity index (χ1v) is 11.1. The molecule has 1 aromatic carbocycles. The largest absolute Gasteiger partial charge is 0.490 e. The molecule has 1 saturated carbocycles. The molecule has 2 atom stereocenters. The van der Waals surface area contributed by atoms with E-state index in [1.165, 1.54) is 18.6 Å². The summed E-state index contributed by atoms with van der Waals surface area (Å²) in [6, 6.07) is 2.91. The fourth-order valence-electron chi connectivity index (χ4n) is 4.47. The highest BCUT2D eigenvalue weighted by Crippen LogP contribution is 2.37. The zero-order valence-corrected chi connectivity index (χ0v) is 17.7. The molecule has 1 heterocycles. The zero-order valence-electron chi connectivity index (χ0n) is 17.7. The number of hydrogen-bond donors (Lipinski definition) is 0. The Morgan fingerprint density at radius 3 is 2.28 bits per heavy atom. The minimum absolute atomic E-state index is 0.0286. The molecule has 3 rings (SSSR count). The van der Waals surface area contributed by atoms with E-state index in [2.05, 4.69) is 19.1 Å². The van der Waals surface area contributed by atoms with Crippen molar-refractivity contribution in [1.82, 2.24) is 0 Å². The third kappa shape index (κ3) is 5.94. The minimum atomic E-state index is -0.967. The van der Waals surface area contributed by atoms with Gasteiger partial charge in [0.05, 0.1) is 25.9 Å². The Hall–Kier alpha value is -1.62. The van der Waals surface area contributed by atoms with Crippen molar-refractivity contribution in [3.63, 3.8) is 0 Å². The maximum atomic E-state index is 14.2. The summed E-state index contributed by atoms with van der Waals surface area (Å²) in [4.78, 5) is 0. The maximum Gasteiger partial charge on any atom is 0.204 e. The topological polar surface area (TPSA) is 27.7 Å². The maximum absolute atomic E-state index is 14.2. The molecule has 0 radical (unpaired) electrons. The molecule has 0 aromatic heterocycles. The molecule has 2 fully saturated rings. The molecule has 5 heteroatoms. The Morgan fingerprint density at radius 2 is 1.69 bits per heavy atom. The Kier molecular flexibility index (Phi) is 8.34. The van der Waals surface area contributed by atoms with Gasteiger partial charge in [0, 0.05) is 5.92 Å². The van der Waals surface area contributed by atoms with Gasteiger partial charge in [-0.3, -0.25) is 0 Å². The number of rotatable bonds is 8. The first-order chi connectivity index (χ1) is 14.1. The van der Waals surface area contributed by atoms with E-state index in [1.54, 1.807) is 0 Å². The van der Waals surface area contributed by atoms with Crippen LogP contribution in [0, 0.1) is 29.4 Å². The van der Waals surface area contributed by atoms with Crippen molar-refractivity contribution in [2.45, 2.75) is 64.9 Å². The van der Waals surface area contributed by atoms with Gasteiger partial charge >= 0.3 is 0 Å². The molecular weight excluding hydrogens is 374 g/mol. The average molecular weight is 409 g/mol. The van der Waals surface area contributed by atoms with Gasteiger partial charge in [0.25, 0.3) is 0 Å². The van der Waals surface area contributed by atoms with Crippen LogP contribution < -0.4 is 9.47 Å². The summed E-state index contributed by atoms with van der Waals surface area (Å²) in [5.74, 6) is -0.453. The van der Waals surface area contributed by atoms with Crippen LogP contribution in [0.3, 0.4) is 0 Å². The SMILES string of the molecule is CC=CC1CCC(C2CCC(COc3ccc(OCCC)c(F)c3F)CC2)OC1. The van der Waals surface area contributed by atoms with Gasteiger partial charge in [-0.05, 0) is 75.8 Å². The summed E-state index contributed by atoms with van der Waals surface area (Å²) in [7, 11) is 0. The van der Waals surface area contributed by atoms with Crippen molar-refractivity contribution in [2.75, 3.05) is 19.8 Å². The van der Waals surface area contributed by atoms with Crippen LogP contribution >= 0.6 is 0 Å². The Labute approximate surface area is 173 Å². The Bertz CT molecular complexity index is 660. The summed E-state index contributed by atoms with van der Waals surface area (Å²) in [5, 5.41) is 0. The predicted octanol–water partition coefficient (Wildman–Crippen LogP) is 6.31. The number of allylic oxidation sites excluding steroid dienone is 1. The van der Waals surface area contributed by atoms with Crippen LogP contribution in [0.5, 0.6) is 11.5 Å². The zero-order chi connectivity index (χ0) is 20.6. The molecule has 0 amide bonds. The molecule has 0 spiro atoms. The van der Waals surface area contributed by atoms with Gasteiger partial charge in [-0.2, -0.15) is 8.78 Å². The van der Waals surface area contributed by atoms with Crippen LogP contribution in [0.4, 0.5) is 8.78 Å². The summed E-state index contributed by atoms with van der Waals surface area (Å²) >= 11 is 0. The van der Waals surface area contributed by atoms with Crippen molar-refractivity contribution in [2.24, 2.45) is 17.8 Å². The predicted molar refractivity (Wildman–Crippen MR) is 110 cm³/mol. The van der Waals surface area contributed by atoms with Crippen molar-refractivity contribution in [1.29, 1.82) is 0 Å². The fraction of sp³-hybridized carbons (Fsp3) is 0.667. The van der Waals surface area contributed by atoms with Crippen LogP contribution in [-0.4, -0.2) is 25.9 Å². The average Bonchev–Trinajstić information content (AvgIpc) is 2.75. The molecule has 2 aliphatic rings. The van der Waals surface area contributed by atoms with E-state index in [0.29, 0.717) is 37.1 Å². The van der Waals surface area contributed by atoms with Crippen LogP contribution in [-0.2, 0) is 4.74 Å². The lowest BCUT2D eigenvalue weighted by Gasteiger charge is -2.37. The van der Waals surface area contributed by atoms with Crippen LogP contribution in [0.1, 0.15) is 58.8 Å². The highest BCUT2D eigenvalue weighted by Gasteiger charge is 2.31. The molecule has 162 valence electrons. The van der Waals surface area contributed by atoms with E-state index in [9.17, 15) is 8.78 Å². The Morgan fingerprint density at radius 1 is 1.00 bits per heavy atom. The van der Waals surface area contributed by atoms with Crippen molar-refractivity contribution in [3.8, 4) is 11.5 Å². The quantitative estimate of drug-likeness (QED) is 0.472. The van der Waals surface area contributed by atoms with E-state index >= 15 is 0 Å². The van der Waals surface area contributed by atoms with Crippen LogP contribution in [0.15, 0.2) is 24.3 Å². The van der Waals surface area contributed by atoms with Crippen molar-refractivity contribution in [3.05, 3.63) is 35.9 Å². The monoisotopic (exact) mass is 408 g/mol. The third-order valence-corrected chi connectivity index (χ3v) is 6.18. The van der Waals surface area contributed by atoms with Gasteiger partial charge in [-0.15, -0.1) is 0 Å². The normalized spacial score (nSPS) is 27.9. The van der Waals surface area contributed by atoms with Gasteiger partial charge in [0.1, 0.15) is 0 Å². The second kappa shape index (κ2) is 11.0. The molecule has 2 unspecified atom stereocenters. The van der Waals surface area contributed by atoms with E-state index in [1.807, 2.05) is 6.92 Å². The summed E-state index contributed by atoms with van der Waals surface area (Å²) < 4.78 is 45.3. The van der Waals surface area contributed by atoms with E-state index in [0.717, 1.165) is 45.1 Å². The lowest BCUT2D eigenvalue weighted by atomic mass is 9.77. The minimum Gasteiger partial charge on any atom is -0.490 e. The molecule has 29 heavy (non-hydrogen) atoms. The standard InChI is InChI=1S/C24H34F2O3/c1-3-5-17-8-11-20(28-15-17)19-9-6-18(7-10-19)16-29-22-13-12-21(27-14-4-2)23(25)24(22)26/h3,5,12-13,17-20H,4,6-11,14-16H2,1-2H3. The van der Waals surface area contributed by atoms with Gasteiger partial charge in [-0.1, -0.05) is 19.1 Å². The first-order valence-electron chi connectivity index (χ1n) is 11.1. The number of benzene rings is 1. The fourth-order valence-corrected chi connectivity index (χ4v) is 4.47. The molecule has 1 aliphatic carbocycles. The number of halogens is 2. The first kappa shape index (κ1) is 22.1. The van der Waals surface area contributed by atoms with Gasteiger partial charge in [-0.25, -0.2) is 0 Å². The lowest BCUT2D eigenvalue weighted by molar-refractivity contribution is -0.0504. The Balaban J connectivity index is 1.43. The summed E-state index contributed by atoms with van der Waals surface area (Å²) in [6.07, 6.45) is 12.1. The van der Waals surface area contributed by atoms with Gasteiger partial charge in [0.2, 0.25) is 11.6 Å². The van der Waals surface area contributed by atoms with Crippen LogP contribution in [0.25, 0.3) is 0 Å². The summed E-state index contributed by atoms with van der Waals surface area (Å²) in [5.41, 5.74) is 0. The third-order valence-electron chi connectivity index (χ3n) is 6.18. The molecule has 1 aromatic rings. The van der Waals surface area contributed by atoms with E-state index < -0.39 is 11.6 Å². The van der Waals surface area contributed by atoms with Crippen molar-refractivity contribution >= 4 is 0 Å². The molecule has 1 saturated heterocycles. The molecule has 1 aliphatic heterocycles. The highest BCUT2D eigenvalue weighted by molar-refractivity contribution is 5.35. The van der Waals surface area contributed by atoms with Gasteiger partial charge in [0.15, 0.2) is 11.5 Å². The second-order valence-corrected chi connectivity index (χ2v) is 8.37.